The van der Waals surface area contributed by atoms with E-state index in [1.807, 2.05) is 10.3 Å². The molecule has 4 atom stereocenters. The highest BCUT2D eigenvalue weighted by Crippen LogP contribution is 2.43. The van der Waals surface area contributed by atoms with E-state index < -0.39 is 35.5 Å². The first-order chi connectivity index (χ1) is 20.8. The average Bonchev–Trinajstić information content (AvgIpc) is 3.73. The zero-order chi connectivity index (χ0) is 31.8. The van der Waals surface area contributed by atoms with Gasteiger partial charge in [0.05, 0.1) is 10.9 Å². The number of fused-ring (bicyclic) bond motifs is 2. The Morgan fingerprint density at radius 1 is 1.11 bits per heavy atom. The summed E-state index contributed by atoms with van der Waals surface area (Å²) in [7, 11) is 0. The van der Waals surface area contributed by atoms with Crippen LogP contribution in [-0.2, 0) is 16.0 Å². The van der Waals surface area contributed by atoms with Crippen molar-refractivity contribution in [2.75, 3.05) is 26.2 Å². The molecule has 1 aliphatic carbocycles. The van der Waals surface area contributed by atoms with Crippen molar-refractivity contribution in [3.8, 4) is 17.2 Å². The zero-order valence-electron chi connectivity index (χ0n) is 26.1. The van der Waals surface area contributed by atoms with E-state index in [1.54, 1.807) is 39.0 Å². The van der Waals surface area contributed by atoms with E-state index in [0.717, 1.165) is 37.9 Å². The number of nitrogens with one attached hydrogen (secondary N) is 1. The van der Waals surface area contributed by atoms with Crippen LogP contribution in [0.4, 0.5) is 9.18 Å². The van der Waals surface area contributed by atoms with Crippen molar-refractivity contribution in [2.45, 2.75) is 90.1 Å². The number of hydrogen-bond acceptors (Lipinski definition) is 7. The number of halogens is 1. The highest BCUT2D eigenvalue weighted by Gasteiger charge is 2.52. The minimum atomic E-state index is -0.969. The Balaban J connectivity index is 1.21. The van der Waals surface area contributed by atoms with Crippen LogP contribution in [0.1, 0.15) is 69.1 Å². The summed E-state index contributed by atoms with van der Waals surface area (Å²) < 4.78 is 20.9. The smallest absolute Gasteiger partial charge is 0.411 e. The van der Waals surface area contributed by atoms with Crippen LogP contribution < -0.4 is 5.32 Å². The van der Waals surface area contributed by atoms with Crippen LogP contribution in [0.5, 0.6) is 0 Å². The summed E-state index contributed by atoms with van der Waals surface area (Å²) in [5, 5.41) is 14.5. The number of benzene rings is 1. The lowest BCUT2D eigenvalue weighted by molar-refractivity contribution is -0.128. The molecule has 2 aromatic rings. The maximum absolute atomic E-state index is 15.3. The van der Waals surface area contributed by atoms with Crippen LogP contribution in [0.25, 0.3) is 11.1 Å². The van der Waals surface area contributed by atoms with Gasteiger partial charge in [-0.2, -0.15) is 5.26 Å². The molecule has 2 bridgehead atoms. The SMILES string of the molecule is CC(C)N1CCN(C(=O)c2cc(-c3ccc(C[C@@H](C#N)NC(=O)[C@@H]4[C@H]5CC[C@H](C5)N4C(=O)OC(C)(C)C)c(F)c3)cs2)CC1. The lowest BCUT2D eigenvalue weighted by atomic mass is 9.97. The summed E-state index contributed by atoms with van der Waals surface area (Å²) in [5.41, 5.74) is 1.00. The molecule has 1 aromatic carbocycles. The Bertz CT molecular complexity index is 1440. The molecule has 0 radical (unpaired) electrons. The summed E-state index contributed by atoms with van der Waals surface area (Å²) >= 11 is 1.35. The van der Waals surface area contributed by atoms with Crippen molar-refractivity contribution >= 4 is 29.2 Å². The monoisotopic (exact) mass is 623 g/mol. The molecule has 1 saturated carbocycles. The molecule has 1 aromatic heterocycles. The molecule has 0 unspecified atom stereocenters. The molecule has 3 heterocycles. The number of piperazine rings is 1. The number of carbonyl (C=O) groups is 3. The second-order valence-electron chi connectivity index (χ2n) is 13.4. The van der Waals surface area contributed by atoms with Gasteiger partial charge in [0.2, 0.25) is 5.91 Å². The van der Waals surface area contributed by atoms with Crippen molar-refractivity contribution in [1.82, 2.24) is 20.0 Å². The van der Waals surface area contributed by atoms with Crippen LogP contribution in [0, 0.1) is 23.1 Å². The molecule has 2 saturated heterocycles. The van der Waals surface area contributed by atoms with Gasteiger partial charge in [-0.05, 0) is 94.0 Å². The summed E-state index contributed by atoms with van der Waals surface area (Å²) in [6, 6.07) is 7.41. The van der Waals surface area contributed by atoms with Gasteiger partial charge in [-0.1, -0.05) is 12.1 Å². The number of nitriles is 1. The Labute approximate surface area is 262 Å². The van der Waals surface area contributed by atoms with Crippen molar-refractivity contribution < 1.29 is 23.5 Å². The summed E-state index contributed by atoms with van der Waals surface area (Å²) in [6.07, 6.45) is 1.85. The number of nitrogens with zero attached hydrogens (tertiary/aromatic N) is 4. The van der Waals surface area contributed by atoms with Gasteiger partial charge in [-0.25, -0.2) is 9.18 Å². The summed E-state index contributed by atoms with van der Waals surface area (Å²) in [5.74, 6) is -0.895. The van der Waals surface area contributed by atoms with Gasteiger partial charge >= 0.3 is 6.09 Å². The third-order valence-corrected chi connectivity index (χ3v) is 9.80. The molecule has 3 fully saturated rings. The molecule has 9 nitrogen and oxygen atoms in total. The van der Waals surface area contributed by atoms with E-state index in [0.29, 0.717) is 35.1 Å². The minimum Gasteiger partial charge on any atom is -0.444 e. The third kappa shape index (κ3) is 6.92. The van der Waals surface area contributed by atoms with Crippen molar-refractivity contribution in [3.05, 3.63) is 45.9 Å². The van der Waals surface area contributed by atoms with E-state index in [9.17, 15) is 19.6 Å². The highest BCUT2D eigenvalue weighted by molar-refractivity contribution is 7.12. The topological polar surface area (TPSA) is 106 Å². The Kier molecular flexibility index (Phi) is 9.33. The first-order valence-electron chi connectivity index (χ1n) is 15.5. The van der Waals surface area contributed by atoms with Gasteiger partial charge in [0, 0.05) is 44.7 Å². The van der Waals surface area contributed by atoms with Crippen molar-refractivity contribution in [3.63, 3.8) is 0 Å². The number of rotatable bonds is 7. The van der Waals surface area contributed by atoms with Gasteiger partial charge in [0.25, 0.3) is 5.91 Å². The molecule has 11 heteroatoms. The largest absolute Gasteiger partial charge is 0.444 e. The van der Waals surface area contributed by atoms with Gasteiger partial charge in [-0.15, -0.1) is 11.3 Å². The Morgan fingerprint density at radius 2 is 1.84 bits per heavy atom. The van der Waals surface area contributed by atoms with E-state index in [-0.39, 0.29) is 24.3 Å². The first-order valence-corrected chi connectivity index (χ1v) is 16.3. The standard InChI is InChI=1S/C33H42FN5O4S/c1-20(2)37-10-12-38(13-11-37)31(41)28-17-24(19-44-28)21-6-7-22(27(34)16-21)14-25(18-35)36-30(40)29-23-8-9-26(15-23)39(29)32(42)43-33(3,4)5/h6-7,16-17,19-20,23,25-26,29H,8-15H2,1-5H3,(H,36,40)/t23-,25-,26+,29-/m0/s1. The average molecular weight is 624 g/mol. The van der Waals surface area contributed by atoms with Crippen LogP contribution in [-0.4, -0.2) is 88.6 Å². The second-order valence-corrected chi connectivity index (χ2v) is 14.3. The van der Waals surface area contributed by atoms with Gasteiger partial charge in [0.15, 0.2) is 0 Å². The molecular weight excluding hydrogens is 581 g/mol. The minimum absolute atomic E-state index is 0.00456. The molecule has 2 aliphatic heterocycles. The number of ether oxygens (including phenoxy) is 1. The van der Waals surface area contributed by atoms with Gasteiger partial charge in [0.1, 0.15) is 23.5 Å². The van der Waals surface area contributed by atoms with E-state index in [2.05, 4.69) is 30.1 Å². The summed E-state index contributed by atoms with van der Waals surface area (Å²) in [6.45, 7) is 12.7. The molecule has 1 N–H and O–H groups in total. The zero-order valence-corrected chi connectivity index (χ0v) is 27.0. The van der Waals surface area contributed by atoms with E-state index in [1.165, 1.54) is 22.3 Å². The second kappa shape index (κ2) is 12.9. The molecular formula is C33H42FN5O4S. The number of likely N-dealkylation sites (tertiary alicyclic amines) is 1. The molecule has 5 rings (SSSR count). The predicted molar refractivity (Wildman–Crippen MR) is 167 cm³/mol. The van der Waals surface area contributed by atoms with Gasteiger partial charge < -0.3 is 15.0 Å². The maximum atomic E-state index is 15.3. The van der Waals surface area contributed by atoms with Crippen LogP contribution in [0.3, 0.4) is 0 Å². The highest BCUT2D eigenvalue weighted by atomic mass is 32.1. The molecule has 3 amide bonds. The number of piperidine rings is 1. The number of carbonyl (C=O) groups excluding carboxylic acids is 3. The Morgan fingerprint density at radius 3 is 2.48 bits per heavy atom. The molecule has 236 valence electrons. The summed E-state index contributed by atoms with van der Waals surface area (Å²) in [4.78, 5) is 45.8. The third-order valence-electron chi connectivity index (χ3n) is 8.88. The lowest BCUT2D eigenvalue weighted by Gasteiger charge is -2.36. The maximum Gasteiger partial charge on any atom is 0.411 e. The van der Waals surface area contributed by atoms with Crippen LogP contribution in [0.2, 0.25) is 0 Å². The lowest BCUT2D eigenvalue weighted by Crippen LogP contribution is -2.55. The molecule has 44 heavy (non-hydrogen) atoms. The van der Waals surface area contributed by atoms with Crippen molar-refractivity contribution in [1.29, 1.82) is 5.26 Å². The van der Waals surface area contributed by atoms with Crippen molar-refractivity contribution in [2.24, 2.45) is 5.92 Å². The number of amides is 3. The number of hydrogen-bond donors (Lipinski definition) is 1. The van der Waals surface area contributed by atoms with Crippen LogP contribution >= 0.6 is 11.3 Å². The number of thiophene rings is 1. The normalized spacial score (nSPS) is 22.6. The van der Waals surface area contributed by atoms with Gasteiger partial charge in [-0.3, -0.25) is 19.4 Å². The molecule has 3 aliphatic rings. The van der Waals surface area contributed by atoms with E-state index >= 15 is 4.39 Å². The quantitative estimate of drug-likeness (QED) is 0.462. The first kappa shape index (κ1) is 31.9. The van der Waals surface area contributed by atoms with Crippen LogP contribution in [0.15, 0.2) is 29.6 Å². The fraction of sp³-hybridized carbons (Fsp3) is 0.576. The fourth-order valence-electron chi connectivity index (χ4n) is 6.60. The fourth-order valence-corrected chi connectivity index (χ4v) is 7.48. The Hall–Kier alpha value is -3.49. The predicted octanol–water partition coefficient (Wildman–Crippen LogP) is 5.06. The molecule has 0 spiro atoms. The van der Waals surface area contributed by atoms with E-state index in [4.69, 9.17) is 4.74 Å².